The van der Waals surface area contributed by atoms with Crippen molar-refractivity contribution in [2.45, 2.75) is 6.92 Å². The third kappa shape index (κ3) is 5.07. The number of aryl methyl sites for hydroxylation is 1. The number of aromatic nitrogens is 5. The number of pyridine rings is 1. The molecule has 4 aromatic rings. The lowest BCUT2D eigenvalue weighted by atomic mass is 10.2. The summed E-state index contributed by atoms with van der Waals surface area (Å²) in [6.45, 7) is 5.19. The van der Waals surface area contributed by atoms with Gasteiger partial charge in [0.25, 0.3) is 0 Å². The zero-order chi connectivity index (χ0) is 23.3. The minimum absolute atomic E-state index is 0.278. The molecule has 1 aliphatic heterocycles. The lowest BCUT2D eigenvalue weighted by molar-refractivity contribution is 0.566. The van der Waals surface area contributed by atoms with E-state index in [0.29, 0.717) is 40.5 Å². The molecule has 34 heavy (non-hydrogen) atoms. The topological polar surface area (TPSA) is 104 Å². The highest BCUT2D eigenvalue weighted by Crippen LogP contribution is 2.25. The molecule has 0 amide bonds. The van der Waals surface area contributed by atoms with Crippen LogP contribution in [-0.2, 0) is 0 Å². The van der Waals surface area contributed by atoms with Gasteiger partial charge in [-0.2, -0.15) is 4.98 Å². The second-order valence-electron chi connectivity index (χ2n) is 7.85. The van der Waals surface area contributed by atoms with Crippen molar-refractivity contribution in [3.8, 4) is 11.5 Å². The number of piperazine rings is 1. The summed E-state index contributed by atoms with van der Waals surface area (Å²) in [6.07, 6.45) is 3.28. The third-order valence-corrected chi connectivity index (χ3v) is 5.35. The van der Waals surface area contributed by atoms with E-state index in [2.05, 4.69) is 40.9 Å². The van der Waals surface area contributed by atoms with Crippen LogP contribution in [0.2, 0.25) is 0 Å². The molecule has 0 radical (unpaired) electrons. The van der Waals surface area contributed by atoms with Gasteiger partial charge in [0.05, 0.1) is 5.69 Å². The molecule has 0 aliphatic carbocycles. The predicted molar refractivity (Wildman–Crippen MR) is 130 cm³/mol. The van der Waals surface area contributed by atoms with Gasteiger partial charge in [0.1, 0.15) is 23.1 Å². The molecule has 1 fully saturated rings. The van der Waals surface area contributed by atoms with Crippen LogP contribution in [0.5, 0.6) is 0 Å². The maximum Gasteiger partial charge on any atom is 0.229 e. The van der Waals surface area contributed by atoms with E-state index in [1.54, 1.807) is 30.6 Å². The Morgan fingerprint density at radius 2 is 1.68 bits per heavy atom. The molecular formula is C24H24FN9. The minimum atomic E-state index is -0.278. The van der Waals surface area contributed by atoms with E-state index in [9.17, 15) is 4.39 Å². The first-order chi connectivity index (χ1) is 16.6. The zero-order valence-corrected chi connectivity index (χ0v) is 18.7. The summed E-state index contributed by atoms with van der Waals surface area (Å²) < 4.78 is 14.7. The Balaban J connectivity index is 1.30. The van der Waals surface area contributed by atoms with Crippen molar-refractivity contribution in [3.05, 3.63) is 72.4 Å². The largest absolute Gasteiger partial charge is 0.367 e. The molecule has 0 saturated carbocycles. The van der Waals surface area contributed by atoms with Gasteiger partial charge in [0, 0.05) is 50.0 Å². The summed E-state index contributed by atoms with van der Waals surface area (Å²) in [5, 5.41) is 9.50. The maximum absolute atomic E-state index is 14.7. The van der Waals surface area contributed by atoms with Crippen molar-refractivity contribution in [3.63, 3.8) is 0 Å². The fourth-order valence-electron chi connectivity index (χ4n) is 3.72. The van der Waals surface area contributed by atoms with Gasteiger partial charge in [-0.05, 0) is 49.4 Å². The van der Waals surface area contributed by atoms with Crippen LogP contribution in [0.15, 0.2) is 60.9 Å². The second kappa shape index (κ2) is 9.75. The Kier molecular flexibility index (Phi) is 6.21. The number of hydrogen-bond donors (Lipinski definition) is 3. The summed E-state index contributed by atoms with van der Waals surface area (Å²) in [5.41, 5.74) is 2.76. The number of halogens is 1. The molecule has 0 unspecified atom stereocenters. The van der Waals surface area contributed by atoms with E-state index in [4.69, 9.17) is 0 Å². The Morgan fingerprint density at radius 3 is 2.47 bits per heavy atom. The highest BCUT2D eigenvalue weighted by molar-refractivity contribution is 5.62. The van der Waals surface area contributed by atoms with Crippen LogP contribution in [0.3, 0.4) is 0 Å². The minimum Gasteiger partial charge on any atom is -0.367 e. The van der Waals surface area contributed by atoms with E-state index in [-0.39, 0.29) is 5.82 Å². The van der Waals surface area contributed by atoms with Crippen LogP contribution >= 0.6 is 0 Å². The van der Waals surface area contributed by atoms with E-state index >= 15 is 0 Å². The average molecular weight is 458 g/mol. The van der Waals surface area contributed by atoms with Crippen molar-refractivity contribution in [2.24, 2.45) is 0 Å². The van der Waals surface area contributed by atoms with Crippen molar-refractivity contribution < 1.29 is 4.39 Å². The number of anilines is 5. The lowest BCUT2D eigenvalue weighted by Crippen LogP contribution is -2.43. The van der Waals surface area contributed by atoms with Crippen molar-refractivity contribution in [2.75, 3.05) is 41.7 Å². The molecule has 1 aliphatic rings. The van der Waals surface area contributed by atoms with Crippen molar-refractivity contribution in [1.82, 2.24) is 30.2 Å². The molecule has 3 N–H and O–H groups in total. The normalized spacial score (nSPS) is 13.5. The molecule has 0 bridgehead atoms. The number of benzene rings is 1. The Morgan fingerprint density at radius 1 is 0.882 bits per heavy atom. The summed E-state index contributed by atoms with van der Waals surface area (Å²) >= 11 is 0. The summed E-state index contributed by atoms with van der Waals surface area (Å²) in [5.74, 6) is 1.69. The van der Waals surface area contributed by atoms with E-state index in [0.717, 1.165) is 31.9 Å². The van der Waals surface area contributed by atoms with Crippen molar-refractivity contribution >= 4 is 29.0 Å². The number of rotatable bonds is 6. The monoisotopic (exact) mass is 457 g/mol. The average Bonchev–Trinajstić information content (AvgIpc) is 2.85. The number of nitrogens with zero attached hydrogens (tertiary/aromatic N) is 6. The Bertz CT molecular complexity index is 1290. The van der Waals surface area contributed by atoms with Gasteiger partial charge in [-0.1, -0.05) is 6.07 Å². The van der Waals surface area contributed by atoms with Crippen LogP contribution in [0, 0.1) is 12.7 Å². The molecule has 10 heteroatoms. The molecular weight excluding hydrogens is 433 g/mol. The molecule has 4 heterocycles. The van der Waals surface area contributed by atoms with Crippen LogP contribution in [0.1, 0.15) is 5.69 Å². The molecule has 172 valence electrons. The Hall–Kier alpha value is -4.18. The van der Waals surface area contributed by atoms with Crippen LogP contribution in [0.4, 0.5) is 33.3 Å². The van der Waals surface area contributed by atoms with Crippen molar-refractivity contribution in [1.29, 1.82) is 0 Å². The summed E-state index contributed by atoms with van der Waals surface area (Å²) in [7, 11) is 0. The van der Waals surface area contributed by atoms with E-state index < -0.39 is 0 Å². The quantitative estimate of drug-likeness (QED) is 0.400. The van der Waals surface area contributed by atoms with Gasteiger partial charge in [0.2, 0.25) is 5.95 Å². The molecule has 5 rings (SSSR count). The first kappa shape index (κ1) is 21.7. The van der Waals surface area contributed by atoms with Crippen LogP contribution < -0.4 is 20.9 Å². The first-order valence-corrected chi connectivity index (χ1v) is 11.0. The highest BCUT2D eigenvalue weighted by Gasteiger charge is 2.15. The molecule has 3 aromatic heterocycles. The molecule has 1 saturated heterocycles. The molecule has 1 aromatic carbocycles. The fraction of sp³-hybridized carbons (Fsp3) is 0.208. The van der Waals surface area contributed by atoms with Gasteiger partial charge in [0.15, 0.2) is 5.82 Å². The number of nitrogens with one attached hydrogen (secondary N) is 3. The first-order valence-electron chi connectivity index (χ1n) is 11.0. The fourth-order valence-corrected chi connectivity index (χ4v) is 3.72. The lowest BCUT2D eigenvalue weighted by Gasteiger charge is -2.29. The smallest absolute Gasteiger partial charge is 0.229 e. The SMILES string of the molecule is Cc1cccc(-c2nccc(Nc3ccnc(Nc4ccc(N5CCNCC5)c(F)c4)n3)n2)n1. The van der Waals surface area contributed by atoms with E-state index in [1.165, 1.54) is 6.07 Å². The standard InChI is InChI=1S/C24H24FN9/c1-16-3-2-4-19(29-16)23-27-9-7-21(32-23)31-22-8-10-28-24(33-22)30-17-5-6-20(18(25)15-17)34-13-11-26-12-14-34/h2-10,15,26H,11-14H2,1H3,(H2,27,28,30,31,32,33). The molecule has 9 nitrogen and oxygen atoms in total. The zero-order valence-electron chi connectivity index (χ0n) is 18.7. The number of hydrogen-bond acceptors (Lipinski definition) is 9. The van der Waals surface area contributed by atoms with Gasteiger partial charge < -0.3 is 20.9 Å². The molecule has 0 atom stereocenters. The van der Waals surface area contributed by atoms with Gasteiger partial charge in [-0.3, -0.25) is 0 Å². The van der Waals surface area contributed by atoms with Crippen LogP contribution in [0.25, 0.3) is 11.5 Å². The maximum atomic E-state index is 14.7. The predicted octanol–water partition coefficient (Wildman–Crippen LogP) is 3.67. The van der Waals surface area contributed by atoms with Gasteiger partial charge >= 0.3 is 0 Å². The highest BCUT2D eigenvalue weighted by atomic mass is 19.1. The van der Waals surface area contributed by atoms with E-state index in [1.807, 2.05) is 36.1 Å². The second-order valence-corrected chi connectivity index (χ2v) is 7.85. The summed E-state index contributed by atoms with van der Waals surface area (Å²) in [4.78, 5) is 24.1. The summed E-state index contributed by atoms with van der Waals surface area (Å²) in [6, 6.07) is 14.3. The van der Waals surface area contributed by atoms with Gasteiger partial charge in [-0.25, -0.2) is 24.3 Å². The molecule has 0 spiro atoms. The van der Waals surface area contributed by atoms with Gasteiger partial charge in [-0.15, -0.1) is 0 Å². The van der Waals surface area contributed by atoms with Crippen LogP contribution in [-0.4, -0.2) is 51.1 Å². The Labute approximate surface area is 196 Å². The third-order valence-electron chi connectivity index (χ3n) is 5.35.